The molecule has 5 heteroatoms. The van der Waals surface area contributed by atoms with Crippen LogP contribution in [0.1, 0.15) is 51.7 Å². The van der Waals surface area contributed by atoms with Crippen LogP contribution in [0.4, 0.5) is 0 Å². The minimum Gasteiger partial charge on any atom is -0.374 e. The maximum Gasteiger partial charge on any atom is 0.238 e. The molecule has 3 unspecified atom stereocenters. The lowest BCUT2D eigenvalue weighted by atomic mass is 10.00. The first-order valence-electron chi connectivity index (χ1n) is 9.01. The molecular formula is C19H31N3O2. The number of rotatable bonds is 9. The fourth-order valence-electron chi connectivity index (χ4n) is 3.00. The summed E-state index contributed by atoms with van der Waals surface area (Å²) in [4.78, 5) is 12.1. The molecule has 1 aromatic carbocycles. The predicted molar refractivity (Wildman–Crippen MR) is 96.4 cm³/mol. The van der Waals surface area contributed by atoms with Crippen LogP contribution in [0.2, 0.25) is 0 Å². The smallest absolute Gasteiger partial charge is 0.238 e. The number of carbonyl (C=O) groups is 1. The number of carbonyl (C=O) groups excluding carboxylic acids is 1. The number of nitrogens with one attached hydrogen (secondary N) is 3. The summed E-state index contributed by atoms with van der Waals surface area (Å²) in [5.41, 5.74) is 7.50. The van der Waals surface area contributed by atoms with Gasteiger partial charge in [-0.05, 0) is 37.7 Å². The highest BCUT2D eigenvalue weighted by Gasteiger charge is 2.29. The summed E-state index contributed by atoms with van der Waals surface area (Å²) in [7, 11) is 0. The fraction of sp³-hybridized carbons (Fsp3) is 0.632. The van der Waals surface area contributed by atoms with Crippen molar-refractivity contribution in [3.8, 4) is 0 Å². The van der Waals surface area contributed by atoms with E-state index in [1.165, 1.54) is 5.56 Å². The van der Waals surface area contributed by atoms with Crippen LogP contribution < -0.4 is 16.2 Å². The van der Waals surface area contributed by atoms with Crippen LogP contribution >= 0.6 is 0 Å². The minimum atomic E-state index is -0.127. The molecule has 1 aromatic rings. The first-order chi connectivity index (χ1) is 11.6. The van der Waals surface area contributed by atoms with Crippen molar-refractivity contribution in [3.05, 3.63) is 35.9 Å². The zero-order valence-electron chi connectivity index (χ0n) is 15.0. The van der Waals surface area contributed by atoms with Crippen LogP contribution in [-0.4, -0.2) is 31.1 Å². The first kappa shape index (κ1) is 18.9. The summed E-state index contributed by atoms with van der Waals surface area (Å²) < 4.78 is 5.82. The summed E-state index contributed by atoms with van der Waals surface area (Å²) >= 11 is 0. The Hall–Kier alpha value is -1.43. The molecule has 2 rings (SSSR count). The number of hydrogen-bond acceptors (Lipinski definition) is 4. The third-order valence-electron chi connectivity index (χ3n) is 4.31. The molecule has 134 valence electrons. The quantitative estimate of drug-likeness (QED) is 0.608. The van der Waals surface area contributed by atoms with Crippen molar-refractivity contribution in [2.45, 2.75) is 58.2 Å². The van der Waals surface area contributed by atoms with Crippen LogP contribution in [-0.2, 0) is 9.53 Å². The summed E-state index contributed by atoms with van der Waals surface area (Å²) in [6, 6.07) is 10.4. The summed E-state index contributed by atoms with van der Waals surface area (Å²) in [6.45, 7) is 7.74. The first-order valence-corrected chi connectivity index (χ1v) is 9.01. The van der Waals surface area contributed by atoms with E-state index in [2.05, 4.69) is 49.1 Å². The van der Waals surface area contributed by atoms with Gasteiger partial charge in [-0.2, -0.15) is 0 Å². The SMILES string of the molecule is CC(C)CC1CC(C(=O)NCCCOC(C)c2ccccc2)NN1. The standard InChI is InChI=1S/C19H31N3O2/c1-14(2)12-17-13-18(22-21-17)19(23)20-10-7-11-24-15(3)16-8-5-4-6-9-16/h4-6,8-9,14-15,17-18,21-22H,7,10-13H2,1-3H3,(H,20,23). The van der Waals surface area contributed by atoms with E-state index in [0.29, 0.717) is 25.1 Å². The van der Waals surface area contributed by atoms with E-state index in [0.717, 1.165) is 19.3 Å². The van der Waals surface area contributed by atoms with Crippen LogP contribution in [0.25, 0.3) is 0 Å². The molecule has 0 spiro atoms. The average Bonchev–Trinajstić information content (AvgIpc) is 3.02. The second kappa shape index (κ2) is 9.77. The van der Waals surface area contributed by atoms with E-state index in [1.807, 2.05) is 18.2 Å². The molecule has 5 nitrogen and oxygen atoms in total. The maximum absolute atomic E-state index is 12.1. The minimum absolute atomic E-state index is 0.0739. The normalized spacial score (nSPS) is 21.8. The molecule has 0 radical (unpaired) electrons. The predicted octanol–water partition coefficient (Wildman–Crippen LogP) is 2.55. The molecule has 1 saturated heterocycles. The lowest BCUT2D eigenvalue weighted by Gasteiger charge is -2.14. The second-order valence-electron chi connectivity index (χ2n) is 6.97. The van der Waals surface area contributed by atoms with Crippen LogP contribution in [0.5, 0.6) is 0 Å². The van der Waals surface area contributed by atoms with Crippen molar-refractivity contribution in [3.63, 3.8) is 0 Å². The molecule has 1 heterocycles. The summed E-state index contributed by atoms with van der Waals surface area (Å²) in [5.74, 6) is 0.708. The molecule has 1 aliphatic rings. The molecule has 3 N–H and O–H groups in total. The van der Waals surface area contributed by atoms with Gasteiger partial charge >= 0.3 is 0 Å². The van der Waals surface area contributed by atoms with Crippen molar-refractivity contribution in [2.75, 3.05) is 13.2 Å². The van der Waals surface area contributed by atoms with Crippen molar-refractivity contribution in [1.82, 2.24) is 16.2 Å². The molecule has 1 aliphatic heterocycles. The molecule has 1 amide bonds. The maximum atomic E-state index is 12.1. The Morgan fingerprint density at radius 2 is 2.00 bits per heavy atom. The Labute approximate surface area is 145 Å². The van der Waals surface area contributed by atoms with E-state index in [-0.39, 0.29) is 18.1 Å². The number of benzene rings is 1. The topological polar surface area (TPSA) is 62.4 Å². The Morgan fingerprint density at radius 1 is 1.25 bits per heavy atom. The highest BCUT2D eigenvalue weighted by molar-refractivity contribution is 5.81. The molecule has 0 saturated carbocycles. The van der Waals surface area contributed by atoms with Gasteiger partial charge in [-0.1, -0.05) is 44.2 Å². The zero-order valence-corrected chi connectivity index (χ0v) is 15.0. The molecule has 1 fully saturated rings. The van der Waals surface area contributed by atoms with Gasteiger partial charge in [0.25, 0.3) is 0 Å². The van der Waals surface area contributed by atoms with E-state index < -0.39 is 0 Å². The van der Waals surface area contributed by atoms with Gasteiger partial charge in [0.2, 0.25) is 5.91 Å². The summed E-state index contributed by atoms with van der Waals surface area (Å²) in [6.07, 6.45) is 2.84. The highest BCUT2D eigenvalue weighted by Crippen LogP contribution is 2.16. The van der Waals surface area contributed by atoms with Gasteiger partial charge in [0.15, 0.2) is 0 Å². The van der Waals surface area contributed by atoms with Gasteiger partial charge in [0.1, 0.15) is 6.04 Å². The third kappa shape index (κ3) is 6.23. The van der Waals surface area contributed by atoms with Gasteiger partial charge < -0.3 is 10.1 Å². The van der Waals surface area contributed by atoms with Crippen molar-refractivity contribution >= 4 is 5.91 Å². The van der Waals surface area contributed by atoms with Crippen molar-refractivity contribution in [2.24, 2.45) is 5.92 Å². The lowest BCUT2D eigenvalue weighted by Crippen LogP contribution is -2.43. The van der Waals surface area contributed by atoms with Crippen LogP contribution in [0, 0.1) is 5.92 Å². The highest BCUT2D eigenvalue weighted by atomic mass is 16.5. The van der Waals surface area contributed by atoms with Crippen molar-refractivity contribution in [1.29, 1.82) is 0 Å². The van der Waals surface area contributed by atoms with E-state index in [1.54, 1.807) is 0 Å². The van der Waals surface area contributed by atoms with Gasteiger partial charge in [-0.15, -0.1) is 0 Å². The van der Waals surface area contributed by atoms with Gasteiger partial charge in [0.05, 0.1) is 6.10 Å². The number of amides is 1. The monoisotopic (exact) mass is 333 g/mol. The van der Waals surface area contributed by atoms with Gasteiger partial charge in [-0.25, -0.2) is 5.43 Å². The lowest BCUT2D eigenvalue weighted by molar-refractivity contribution is -0.122. The number of ether oxygens (including phenoxy) is 1. The third-order valence-corrected chi connectivity index (χ3v) is 4.31. The average molecular weight is 333 g/mol. The van der Waals surface area contributed by atoms with Gasteiger partial charge in [0, 0.05) is 19.2 Å². The number of hydrazine groups is 1. The van der Waals surface area contributed by atoms with Crippen LogP contribution in [0.3, 0.4) is 0 Å². The Morgan fingerprint density at radius 3 is 2.71 bits per heavy atom. The molecular weight excluding hydrogens is 302 g/mol. The Kier molecular flexibility index (Phi) is 7.69. The van der Waals surface area contributed by atoms with Crippen LogP contribution in [0.15, 0.2) is 30.3 Å². The van der Waals surface area contributed by atoms with Crippen molar-refractivity contribution < 1.29 is 9.53 Å². The second-order valence-corrected chi connectivity index (χ2v) is 6.97. The zero-order chi connectivity index (χ0) is 17.4. The summed E-state index contributed by atoms with van der Waals surface area (Å²) in [5, 5.41) is 2.99. The Bertz CT molecular complexity index is 493. The van der Waals surface area contributed by atoms with E-state index >= 15 is 0 Å². The Balaban J connectivity index is 1.57. The molecule has 0 aliphatic carbocycles. The largest absolute Gasteiger partial charge is 0.374 e. The molecule has 0 aromatic heterocycles. The van der Waals surface area contributed by atoms with Gasteiger partial charge in [-0.3, -0.25) is 10.2 Å². The fourth-order valence-corrected chi connectivity index (χ4v) is 3.00. The number of hydrogen-bond donors (Lipinski definition) is 3. The molecule has 0 bridgehead atoms. The molecule has 24 heavy (non-hydrogen) atoms. The van der Waals surface area contributed by atoms with E-state index in [4.69, 9.17) is 4.74 Å². The molecule has 3 atom stereocenters. The van der Waals surface area contributed by atoms with E-state index in [9.17, 15) is 4.79 Å².